The van der Waals surface area contributed by atoms with Crippen molar-refractivity contribution in [1.82, 2.24) is 4.57 Å². The molecule has 0 bridgehead atoms. The number of para-hydroxylation sites is 3. The lowest BCUT2D eigenvalue weighted by Crippen LogP contribution is -2.50. The van der Waals surface area contributed by atoms with Crippen molar-refractivity contribution in [3.05, 3.63) is 441 Å². The lowest BCUT2D eigenvalue weighted by molar-refractivity contribution is 0.0962. The molecule has 25 aromatic rings. The van der Waals surface area contributed by atoms with Gasteiger partial charge in [0.25, 0.3) is 0 Å². The Bertz CT molecular complexity index is 9360. The highest BCUT2D eigenvalue weighted by molar-refractivity contribution is 6.28. The summed E-state index contributed by atoms with van der Waals surface area (Å²) < 4.78 is 8.69. The third kappa shape index (κ3) is 11.7. The van der Waals surface area contributed by atoms with Crippen LogP contribution in [0.3, 0.4) is 0 Å². The van der Waals surface area contributed by atoms with E-state index in [0.717, 1.165) is 21.9 Å². The first-order valence-electron chi connectivity index (χ1n) is 49.2. The zero-order chi connectivity index (χ0) is 93.4. The Morgan fingerprint density at radius 2 is 0.442 bits per heavy atom. The van der Waals surface area contributed by atoms with E-state index in [1.165, 1.54) is 246 Å². The zero-order valence-corrected chi connectivity index (χ0v) is 80.2. The number of hydrogen-bond donors (Lipinski definition) is 0. The molecule has 0 amide bonds. The highest BCUT2D eigenvalue weighted by Crippen LogP contribution is 2.72. The molecule has 0 saturated heterocycles. The van der Waals surface area contributed by atoms with Gasteiger partial charge in [0, 0.05) is 38.1 Å². The number of fused-ring (bicyclic) bond motifs is 30. The van der Waals surface area contributed by atoms with E-state index >= 15 is 0 Å². The van der Waals surface area contributed by atoms with E-state index in [1.54, 1.807) is 0 Å². The predicted molar refractivity (Wildman–Crippen MR) is 592 cm³/mol. The summed E-state index contributed by atoms with van der Waals surface area (Å²) >= 11 is 0. The summed E-state index contributed by atoms with van der Waals surface area (Å²) in [6.07, 6.45) is 0. The average Bonchev–Trinajstić information content (AvgIpc) is 1.49. The molecule has 2 heterocycles. The van der Waals surface area contributed by atoms with Crippen molar-refractivity contribution >= 4 is 151 Å². The average molecular weight is 1770 g/mol. The molecule has 2 nitrogen and oxygen atoms in total. The molecule has 2 aliphatic rings. The molecule has 0 N–H and O–H groups in total. The summed E-state index contributed by atoms with van der Waals surface area (Å²) in [5.41, 5.74) is 30.4. The molecule has 2 heteroatoms. The first-order valence-corrected chi connectivity index (χ1v) is 49.2. The number of aromatic nitrogens is 1. The first-order chi connectivity index (χ1) is 67.1. The number of nitrogens with zero attached hydrogens (tertiary/aromatic N) is 1. The minimum Gasteiger partial charge on any atom is -0.456 e. The second kappa shape index (κ2) is 30.4. The molecule has 0 radical (unpaired) electrons. The van der Waals surface area contributed by atoms with Crippen LogP contribution in [-0.2, 0) is 10.8 Å². The monoisotopic (exact) mass is 1770 g/mol. The van der Waals surface area contributed by atoms with Crippen molar-refractivity contribution in [2.45, 2.75) is 93.9 Å². The van der Waals surface area contributed by atoms with Crippen LogP contribution in [0, 0.1) is 21.7 Å². The maximum Gasteiger partial charge on any atom is 0.135 e. The van der Waals surface area contributed by atoms with Crippen molar-refractivity contribution < 1.29 is 4.42 Å². The fourth-order valence-corrected chi connectivity index (χ4v) is 27.6. The molecule has 0 aliphatic heterocycles. The SMILES string of the molecule is CC(C)(C)C1(C(C)(C)C)c2cc(-c3cccc(-c4c5ccccc5c(-c5ccc6c(c5)c5ccccc5n6-c5ccccc5)c5ccccc45)c3)c3ccccc3c2-c2c1c1ccccc1c1ccccc21.CC(C)(C)C1(C(C)(C)C)c2cc(-c3cccc(-c4c5ccccc5c(-c5ccc6oc7ccccc7c6c5)c5ccccc45)c3)c3ccccc3c2-c2c1c1ccccc1c1ccccc21. The maximum absolute atomic E-state index is 6.29. The normalized spacial score (nSPS) is 13.6. The summed E-state index contributed by atoms with van der Waals surface area (Å²) in [7, 11) is 0. The lowest BCUT2D eigenvalue weighted by atomic mass is 9.49. The van der Waals surface area contributed by atoms with Crippen LogP contribution in [0.2, 0.25) is 0 Å². The fourth-order valence-electron chi connectivity index (χ4n) is 27.6. The van der Waals surface area contributed by atoms with Gasteiger partial charge in [-0.15, -0.1) is 0 Å². The van der Waals surface area contributed by atoms with Crippen LogP contribution in [0.15, 0.2) is 423 Å². The third-order valence-corrected chi connectivity index (χ3v) is 31.9. The van der Waals surface area contributed by atoms with Crippen LogP contribution in [0.1, 0.15) is 105 Å². The Morgan fingerprint density at radius 3 is 0.826 bits per heavy atom. The van der Waals surface area contributed by atoms with E-state index in [1.807, 2.05) is 6.07 Å². The molecule has 0 spiro atoms. The predicted octanol–water partition coefficient (Wildman–Crippen LogP) is 38.6. The summed E-state index contributed by atoms with van der Waals surface area (Å²) in [5, 5.41) is 30.7. The number of hydrogen-bond acceptors (Lipinski definition) is 1. The molecule has 0 unspecified atom stereocenters. The van der Waals surface area contributed by atoms with Gasteiger partial charge in [-0.1, -0.05) is 429 Å². The highest BCUT2D eigenvalue weighted by atomic mass is 16.3. The van der Waals surface area contributed by atoms with Crippen LogP contribution in [-0.4, -0.2) is 4.57 Å². The molecule has 2 aliphatic carbocycles. The van der Waals surface area contributed by atoms with Gasteiger partial charge in [-0.2, -0.15) is 0 Å². The van der Waals surface area contributed by atoms with Crippen molar-refractivity contribution in [1.29, 1.82) is 0 Å². The fraction of sp³-hybridized carbons (Fsp3) is 0.132. The van der Waals surface area contributed by atoms with Gasteiger partial charge < -0.3 is 8.98 Å². The zero-order valence-electron chi connectivity index (χ0n) is 80.2. The summed E-state index contributed by atoms with van der Waals surface area (Å²) in [5.74, 6) is 0. The van der Waals surface area contributed by atoms with E-state index in [0.29, 0.717) is 0 Å². The molecule has 23 aromatic carbocycles. The van der Waals surface area contributed by atoms with Crippen LogP contribution in [0.25, 0.3) is 246 Å². The van der Waals surface area contributed by atoms with Crippen molar-refractivity contribution in [2.24, 2.45) is 21.7 Å². The van der Waals surface area contributed by atoms with Gasteiger partial charge in [0.1, 0.15) is 11.2 Å². The topological polar surface area (TPSA) is 18.1 Å². The Labute approximate surface area is 805 Å². The molecule has 138 heavy (non-hydrogen) atoms. The molecule has 2 aromatic heterocycles. The van der Waals surface area contributed by atoms with Crippen molar-refractivity contribution in [2.75, 3.05) is 0 Å². The number of furan rings is 1. The van der Waals surface area contributed by atoms with E-state index in [2.05, 4.69) is 500 Å². The summed E-state index contributed by atoms with van der Waals surface area (Å²) in [6.45, 7) is 29.8. The van der Waals surface area contributed by atoms with Gasteiger partial charge in [0.15, 0.2) is 0 Å². The van der Waals surface area contributed by atoms with Gasteiger partial charge in [-0.05, 0) is 313 Å². The highest BCUT2D eigenvalue weighted by Gasteiger charge is 2.61. The Hall–Kier alpha value is -15.7. The van der Waals surface area contributed by atoms with E-state index in [9.17, 15) is 0 Å². The first kappa shape index (κ1) is 82.9. The second-order valence-electron chi connectivity index (χ2n) is 43.0. The van der Waals surface area contributed by atoms with Gasteiger partial charge >= 0.3 is 0 Å². The van der Waals surface area contributed by atoms with Gasteiger partial charge in [0.05, 0.1) is 11.0 Å². The summed E-state index contributed by atoms with van der Waals surface area (Å²) in [6, 6.07) is 157. The molecular weight excluding hydrogens is 1660 g/mol. The Balaban J connectivity index is 0.000000143. The second-order valence-corrected chi connectivity index (χ2v) is 43.0. The van der Waals surface area contributed by atoms with Crippen molar-refractivity contribution in [3.8, 4) is 94.7 Å². The molecular formula is C136H105NO. The van der Waals surface area contributed by atoms with Gasteiger partial charge in [0.2, 0.25) is 0 Å². The Kier molecular flexibility index (Phi) is 18.3. The van der Waals surface area contributed by atoms with Gasteiger partial charge in [-0.25, -0.2) is 0 Å². The Morgan fingerprint density at radius 1 is 0.174 bits per heavy atom. The minimum atomic E-state index is -0.341. The molecule has 0 saturated carbocycles. The van der Waals surface area contributed by atoms with E-state index in [-0.39, 0.29) is 32.5 Å². The van der Waals surface area contributed by atoms with Crippen LogP contribution in [0.4, 0.5) is 0 Å². The smallest absolute Gasteiger partial charge is 0.135 e. The van der Waals surface area contributed by atoms with Gasteiger partial charge in [-0.3, -0.25) is 0 Å². The van der Waals surface area contributed by atoms with E-state index in [4.69, 9.17) is 4.42 Å². The standard InChI is InChI=1S/C71H55N.C65H50O/c1-69(2,3)71(70(4,5)6)61-43-59(50-29-11-13-31-52(50)66(61)67-53-32-14-10-27-48(53)49-28-12-19-37-58(49)68(67)71)44-23-22-24-45(41-44)64-54-33-15-17-35-56(54)65(57-36-18-16-34-55(57)64)46-39-40-63-60(42-46)51-30-20-21-38-62(51)72(63)47-25-8-7-9-26-47;1-63(2,3)65(64(4,5)6)55-38-53(44-24-8-10-26-46(44)60(55)61-47-27-11-7-22-42(47)43-23-9-16-32-52(43)62(61)65)39-20-19-21-40(36-39)58-48-28-12-14-30-50(48)59(51-31-15-13-29-49(51)58)41-34-35-57-54(37-41)45-25-17-18-33-56(45)66-57/h7-43H,1-6H3;7-38H,1-6H3. The third-order valence-electron chi connectivity index (χ3n) is 31.9. The van der Waals surface area contributed by atoms with E-state index < -0.39 is 0 Å². The largest absolute Gasteiger partial charge is 0.456 e. The van der Waals surface area contributed by atoms with Crippen LogP contribution < -0.4 is 0 Å². The molecule has 27 rings (SSSR count). The maximum atomic E-state index is 6.29. The molecule has 0 fully saturated rings. The lowest BCUT2D eigenvalue weighted by Gasteiger charge is -2.53. The molecule has 0 atom stereocenters. The quantitative estimate of drug-likeness (QED) is 0.115. The minimum absolute atomic E-state index is 0.146. The summed E-state index contributed by atoms with van der Waals surface area (Å²) in [4.78, 5) is 0. The van der Waals surface area contributed by atoms with Crippen LogP contribution in [0.5, 0.6) is 0 Å². The van der Waals surface area contributed by atoms with Crippen LogP contribution >= 0.6 is 0 Å². The number of benzene rings is 23. The number of rotatable bonds is 7. The van der Waals surface area contributed by atoms with Crippen molar-refractivity contribution in [3.63, 3.8) is 0 Å². The molecule has 660 valence electrons.